The predicted octanol–water partition coefficient (Wildman–Crippen LogP) is 3.24. The van der Waals surface area contributed by atoms with E-state index in [1.807, 2.05) is 12.1 Å². The van der Waals surface area contributed by atoms with Gasteiger partial charge in [-0.3, -0.25) is 9.79 Å². The molecule has 4 rings (SSSR count). The summed E-state index contributed by atoms with van der Waals surface area (Å²) in [4.78, 5) is 28.9. The molecule has 0 atom stereocenters. The number of hydrogen-bond acceptors (Lipinski definition) is 5. The Morgan fingerprint density at radius 3 is 2.94 bits per heavy atom. The summed E-state index contributed by atoms with van der Waals surface area (Å²) in [6, 6.07) is 6.48. The summed E-state index contributed by atoms with van der Waals surface area (Å²) < 4.78 is 14.2. The highest BCUT2D eigenvalue weighted by atomic mass is 19.1. The van der Waals surface area contributed by atoms with Crippen LogP contribution in [-0.4, -0.2) is 41.2 Å². The first-order chi connectivity index (χ1) is 15.1. The third kappa shape index (κ3) is 4.96. The maximum atomic E-state index is 14.2. The number of nitrogens with one attached hydrogen (secondary N) is 3. The molecule has 1 fully saturated rings. The molecule has 31 heavy (non-hydrogen) atoms. The number of fused-ring (bicyclic) bond motifs is 1. The van der Waals surface area contributed by atoms with Crippen molar-refractivity contribution < 1.29 is 9.18 Å². The van der Waals surface area contributed by atoms with E-state index in [-0.39, 0.29) is 24.0 Å². The number of imidazole rings is 1. The van der Waals surface area contributed by atoms with E-state index in [0.717, 1.165) is 23.3 Å². The lowest BCUT2D eigenvalue weighted by molar-refractivity contribution is 0.0947. The number of benzene rings is 1. The first-order valence-electron chi connectivity index (χ1n) is 10.3. The molecule has 1 amide bonds. The fourth-order valence-corrected chi connectivity index (χ4v) is 3.52. The second-order valence-electron chi connectivity index (χ2n) is 7.69. The molecule has 0 saturated heterocycles. The number of nitrogens with zero attached hydrogens (tertiary/aromatic N) is 3. The van der Waals surface area contributed by atoms with E-state index in [2.05, 4.69) is 30.6 Å². The summed E-state index contributed by atoms with van der Waals surface area (Å²) in [5, 5.41) is 5.77. The molecule has 0 radical (unpaired) electrons. The number of amides is 1. The fourth-order valence-electron chi connectivity index (χ4n) is 3.52. The fraction of sp³-hybridized carbons (Fsp3) is 0.304. The Morgan fingerprint density at radius 1 is 1.35 bits per heavy atom. The standard InChI is InChI=1S/C23H25FN6O/c1-25-12-17(13-26-2)16-7-15(8-18(24)10-16)11-28-23(31)22-21-19(5-6-27-22)29-20(30-21)9-14-3-4-14/h5-8,10,12-14,25H,3-4,9,11H2,1-2H3,(H,28,31)(H,29,30)/b17-12+,26-13?. The zero-order chi connectivity index (χ0) is 21.8. The minimum Gasteiger partial charge on any atom is -0.393 e. The first kappa shape index (κ1) is 20.7. The molecule has 1 aliphatic carbocycles. The first-order valence-corrected chi connectivity index (χ1v) is 10.3. The van der Waals surface area contributed by atoms with Crippen molar-refractivity contribution in [1.82, 2.24) is 25.6 Å². The third-order valence-corrected chi connectivity index (χ3v) is 5.16. The van der Waals surface area contributed by atoms with E-state index >= 15 is 0 Å². The molecule has 160 valence electrons. The van der Waals surface area contributed by atoms with Crippen LogP contribution >= 0.6 is 0 Å². The highest BCUT2D eigenvalue weighted by molar-refractivity contribution is 6.09. The van der Waals surface area contributed by atoms with Crippen LogP contribution in [0.5, 0.6) is 0 Å². The molecule has 3 aromatic rings. The van der Waals surface area contributed by atoms with Crippen molar-refractivity contribution in [2.45, 2.75) is 25.8 Å². The van der Waals surface area contributed by atoms with Crippen molar-refractivity contribution >= 4 is 28.7 Å². The van der Waals surface area contributed by atoms with Crippen LogP contribution in [-0.2, 0) is 13.0 Å². The predicted molar refractivity (Wildman–Crippen MR) is 119 cm³/mol. The van der Waals surface area contributed by atoms with E-state index in [1.54, 1.807) is 32.7 Å². The van der Waals surface area contributed by atoms with Gasteiger partial charge in [-0.1, -0.05) is 0 Å². The van der Waals surface area contributed by atoms with Gasteiger partial charge in [-0.25, -0.2) is 14.4 Å². The van der Waals surface area contributed by atoms with Crippen molar-refractivity contribution in [3.05, 3.63) is 65.1 Å². The lowest BCUT2D eigenvalue weighted by atomic mass is 10.0. The minimum absolute atomic E-state index is 0.164. The van der Waals surface area contributed by atoms with E-state index in [4.69, 9.17) is 0 Å². The Labute approximate surface area is 179 Å². The SMILES string of the molecule is CN=C/C(=C\NC)c1cc(F)cc(CNC(=O)c2nccc3[nH]c(CC4CC4)nc23)c1. The van der Waals surface area contributed by atoms with Gasteiger partial charge < -0.3 is 15.6 Å². The van der Waals surface area contributed by atoms with Crippen molar-refractivity contribution in [1.29, 1.82) is 0 Å². The van der Waals surface area contributed by atoms with Crippen LogP contribution in [0.15, 0.2) is 41.7 Å². The summed E-state index contributed by atoms with van der Waals surface area (Å²) in [5.41, 5.74) is 3.67. The number of hydrogen-bond donors (Lipinski definition) is 3. The number of allylic oxidation sites excluding steroid dienone is 1. The lowest BCUT2D eigenvalue weighted by Crippen LogP contribution is -2.24. The number of carbonyl (C=O) groups is 1. The summed E-state index contributed by atoms with van der Waals surface area (Å²) >= 11 is 0. The van der Waals surface area contributed by atoms with Gasteiger partial charge in [0.25, 0.3) is 5.91 Å². The van der Waals surface area contributed by atoms with Gasteiger partial charge in [0.05, 0.1) is 5.52 Å². The molecule has 2 heterocycles. The largest absolute Gasteiger partial charge is 0.393 e. The number of carbonyl (C=O) groups excluding carboxylic acids is 1. The number of aliphatic imine (C=N–C) groups is 1. The number of halogens is 1. The van der Waals surface area contributed by atoms with Crippen LogP contribution in [0.4, 0.5) is 4.39 Å². The van der Waals surface area contributed by atoms with Gasteiger partial charge in [-0.15, -0.1) is 0 Å². The van der Waals surface area contributed by atoms with E-state index < -0.39 is 0 Å². The van der Waals surface area contributed by atoms with Crippen molar-refractivity contribution in [2.24, 2.45) is 10.9 Å². The van der Waals surface area contributed by atoms with Crippen molar-refractivity contribution in [3.63, 3.8) is 0 Å². The zero-order valence-corrected chi connectivity index (χ0v) is 17.6. The lowest BCUT2D eigenvalue weighted by Gasteiger charge is -2.09. The summed E-state index contributed by atoms with van der Waals surface area (Å²) in [7, 11) is 3.42. The highest BCUT2D eigenvalue weighted by Gasteiger charge is 2.24. The van der Waals surface area contributed by atoms with Crippen LogP contribution in [0.3, 0.4) is 0 Å². The number of rotatable bonds is 8. The van der Waals surface area contributed by atoms with Gasteiger partial charge in [-0.05, 0) is 54.2 Å². The van der Waals surface area contributed by atoms with Crippen LogP contribution in [0.25, 0.3) is 16.6 Å². The molecule has 1 aromatic carbocycles. The normalized spacial score (nSPS) is 14.4. The van der Waals surface area contributed by atoms with E-state index in [1.165, 1.54) is 25.0 Å². The van der Waals surface area contributed by atoms with Crippen molar-refractivity contribution in [2.75, 3.05) is 14.1 Å². The number of H-pyrrole nitrogens is 1. The van der Waals surface area contributed by atoms with Crippen LogP contribution < -0.4 is 10.6 Å². The molecule has 0 bridgehead atoms. The van der Waals surface area contributed by atoms with Gasteiger partial charge in [-0.2, -0.15) is 0 Å². The zero-order valence-electron chi connectivity index (χ0n) is 17.6. The number of aromatic nitrogens is 3. The molecular formula is C23H25FN6O. The Balaban J connectivity index is 1.52. The molecule has 1 aliphatic rings. The molecule has 0 spiro atoms. The van der Waals surface area contributed by atoms with E-state index in [0.29, 0.717) is 22.6 Å². The smallest absolute Gasteiger partial charge is 0.272 e. The maximum Gasteiger partial charge on any atom is 0.272 e. The number of aromatic amines is 1. The van der Waals surface area contributed by atoms with Crippen molar-refractivity contribution in [3.8, 4) is 0 Å². The summed E-state index contributed by atoms with van der Waals surface area (Å²) in [5.74, 6) is 0.843. The average molecular weight is 420 g/mol. The molecule has 3 N–H and O–H groups in total. The Bertz CT molecular complexity index is 1160. The van der Waals surface area contributed by atoms with Gasteiger partial charge >= 0.3 is 0 Å². The Kier molecular flexibility index (Phi) is 6.06. The second-order valence-corrected chi connectivity index (χ2v) is 7.69. The molecule has 7 nitrogen and oxygen atoms in total. The summed E-state index contributed by atoms with van der Waals surface area (Å²) in [6.07, 6.45) is 8.34. The van der Waals surface area contributed by atoms with Gasteiger partial charge in [0, 0.05) is 51.2 Å². The average Bonchev–Trinajstić information content (AvgIpc) is 3.46. The van der Waals surface area contributed by atoms with Gasteiger partial charge in [0.2, 0.25) is 0 Å². The van der Waals surface area contributed by atoms with Gasteiger partial charge in [0.1, 0.15) is 17.2 Å². The molecule has 8 heteroatoms. The minimum atomic E-state index is -0.384. The van der Waals surface area contributed by atoms with Crippen LogP contribution in [0.2, 0.25) is 0 Å². The van der Waals surface area contributed by atoms with Crippen LogP contribution in [0.1, 0.15) is 40.3 Å². The molecule has 2 aromatic heterocycles. The van der Waals surface area contributed by atoms with Crippen LogP contribution in [0, 0.1) is 11.7 Å². The Morgan fingerprint density at radius 2 is 2.19 bits per heavy atom. The molecule has 0 aliphatic heterocycles. The molecular weight excluding hydrogens is 395 g/mol. The third-order valence-electron chi connectivity index (χ3n) is 5.16. The monoisotopic (exact) mass is 420 g/mol. The molecule has 0 unspecified atom stereocenters. The van der Waals surface area contributed by atoms with Gasteiger partial charge in [0.15, 0.2) is 5.69 Å². The highest BCUT2D eigenvalue weighted by Crippen LogP contribution is 2.32. The topological polar surface area (TPSA) is 95.1 Å². The van der Waals surface area contributed by atoms with E-state index in [9.17, 15) is 9.18 Å². The molecule has 1 saturated carbocycles. The number of pyridine rings is 1. The quantitative estimate of drug-likeness (QED) is 0.488. The Hall–Kier alpha value is -3.55. The summed E-state index contributed by atoms with van der Waals surface area (Å²) in [6.45, 7) is 0.164. The second kappa shape index (κ2) is 9.07. The maximum absolute atomic E-state index is 14.2.